The number of carbonyl (C=O) groups is 2. The lowest BCUT2D eigenvalue weighted by Gasteiger charge is -2.31. The molecule has 2 aliphatic rings. The van der Waals surface area contributed by atoms with E-state index in [1.807, 2.05) is 0 Å². The number of carbonyl (C=O) groups excluding carboxylic acids is 2. The summed E-state index contributed by atoms with van der Waals surface area (Å²) in [5, 5.41) is 2.42. The van der Waals surface area contributed by atoms with Crippen molar-refractivity contribution in [2.75, 3.05) is 31.5 Å². The van der Waals surface area contributed by atoms with Crippen LogP contribution >= 0.6 is 0 Å². The molecule has 0 unspecified atom stereocenters. The van der Waals surface area contributed by atoms with Gasteiger partial charge in [0, 0.05) is 38.4 Å². The maximum Gasteiger partial charge on any atom is 0.270 e. The zero-order chi connectivity index (χ0) is 24.3. The molecule has 2 aliphatic heterocycles. The van der Waals surface area contributed by atoms with Gasteiger partial charge in [0.15, 0.2) is 0 Å². The molecule has 34 heavy (non-hydrogen) atoms. The van der Waals surface area contributed by atoms with E-state index < -0.39 is 33.5 Å². The van der Waals surface area contributed by atoms with Crippen molar-refractivity contribution in [3.05, 3.63) is 47.8 Å². The van der Waals surface area contributed by atoms with Gasteiger partial charge in [-0.05, 0) is 43.9 Å². The minimum absolute atomic E-state index is 0.0312. The second-order valence-electron chi connectivity index (χ2n) is 8.77. The Balaban J connectivity index is 1.44. The first-order valence-corrected chi connectivity index (χ1v) is 12.9. The average Bonchev–Trinajstić information content (AvgIpc) is 3.17. The molecule has 0 bridgehead atoms. The van der Waals surface area contributed by atoms with Gasteiger partial charge in [0.1, 0.15) is 22.2 Å². The second-order valence-corrected chi connectivity index (χ2v) is 10.7. The molecular weight excluding hydrogens is 466 g/mol. The summed E-state index contributed by atoms with van der Waals surface area (Å²) in [6.45, 7) is 1.46. The number of anilines is 1. The smallest absolute Gasteiger partial charge is 0.270 e. The molecule has 4 rings (SSSR count). The van der Waals surface area contributed by atoms with E-state index in [0.29, 0.717) is 32.0 Å². The first-order valence-electron chi connectivity index (χ1n) is 11.5. The van der Waals surface area contributed by atoms with Crippen molar-refractivity contribution in [3.8, 4) is 0 Å². The Labute approximate surface area is 197 Å². The topological polar surface area (TPSA) is 103 Å². The molecule has 2 aromatic rings. The summed E-state index contributed by atoms with van der Waals surface area (Å²) in [6, 6.07) is 4.18. The van der Waals surface area contributed by atoms with Gasteiger partial charge in [-0.2, -0.15) is 4.31 Å². The summed E-state index contributed by atoms with van der Waals surface area (Å²) < 4.78 is 54.7. The van der Waals surface area contributed by atoms with E-state index in [1.54, 1.807) is 4.90 Å². The highest BCUT2D eigenvalue weighted by Gasteiger charge is 2.34. The molecular formula is C23H28F2N4O4S. The third-order valence-electron chi connectivity index (χ3n) is 6.36. The molecule has 2 N–H and O–H groups in total. The Hall–Kier alpha value is -2.79. The molecule has 184 valence electrons. The van der Waals surface area contributed by atoms with Gasteiger partial charge in [0.25, 0.3) is 5.91 Å². The lowest BCUT2D eigenvalue weighted by atomic mass is 9.98. The minimum atomic E-state index is -3.94. The molecule has 0 radical (unpaired) electrons. The predicted molar refractivity (Wildman–Crippen MR) is 122 cm³/mol. The molecule has 1 atom stereocenters. The number of amides is 2. The summed E-state index contributed by atoms with van der Waals surface area (Å²) in [5.74, 6) is -3.10. The van der Waals surface area contributed by atoms with Gasteiger partial charge < -0.3 is 15.2 Å². The highest BCUT2D eigenvalue weighted by atomic mass is 32.2. The first kappa shape index (κ1) is 24.3. The van der Waals surface area contributed by atoms with Gasteiger partial charge in [-0.25, -0.2) is 17.2 Å². The van der Waals surface area contributed by atoms with E-state index in [0.717, 1.165) is 37.8 Å². The minimum Gasteiger partial charge on any atom is -0.356 e. The zero-order valence-corrected chi connectivity index (χ0v) is 19.5. The third-order valence-corrected chi connectivity index (χ3v) is 8.20. The number of sulfonamides is 1. The summed E-state index contributed by atoms with van der Waals surface area (Å²) >= 11 is 0. The van der Waals surface area contributed by atoms with E-state index in [1.165, 1.54) is 16.6 Å². The van der Waals surface area contributed by atoms with Crippen molar-refractivity contribution in [3.63, 3.8) is 0 Å². The van der Waals surface area contributed by atoms with Crippen molar-refractivity contribution in [2.24, 2.45) is 5.92 Å². The number of halogens is 2. The normalized spacial score (nSPS) is 20.1. The lowest BCUT2D eigenvalue weighted by Crippen LogP contribution is -2.43. The average molecular weight is 495 g/mol. The Bertz CT molecular complexity index is 1160. The number of hydrogen-bond acceptors (Lipinski definition) is 4. The monoisotopic (exact) mass is 494 g/mol. The number of likely N-dealkylation sites (tertiary alicyclic amines) is 1. The number of H-pyrrole nitrogens is 1. The molecule has 0 spiro atoms. The van der Waals surface area contributed by atoms with Crippen LogP contribution in [0.15, 0.2) is 35.4 Å². The Morgan fingerprint density at radius 3 is 2.44 bits per heavy atom. The van der Waals surface area contributed by atoms with E-state index in [4.69, 9.17) is 0 Å². The van der Waals surface area contributed by atoms with Gasteiger partial charge in [0.05, 0.1) is 11.6 Å². The standard InChI is InChI=1S/C23H28F2N4O4S/c24-17-7-8-20(19(25)12-17)27-22(30)16-6-5-11-29(15-16)34(32,33)18-13-21(26-14-18)23(31)28-9-3-1-2-4-10-28/h7-8,12-14,16,26H,1-6,9-11,15H2,(H,27,30)/t16-/m0/s1. The van der Waals surface area contributed by atoms with Crippen LogP contribution in [-0.2, 0) is 14.8 Å². The molecule has 2 fully saturated rings. The van der Waals surface area contributed by atoms with Crippen molar-refractivity contribution in [2.45, 2.75) is 43.4 Å². The van der Waals surface area contributed by atoms with E-state index in [-0.39, 0.29) is 35.3 Å². The molecule has 1 aromatic carbocycles. The second kappa shape index (κ2) is 10.2. The number of benzene rings is 1. The zero-order valence-electron chi connectivity index (χ0n) is 18.7. The van der Waals surface area contributed by atoms with Crippen LogP contribution in [0, 0.1) is 17.6 Å². The van der Waals surface area contributed by atoms with Crippen LogP contribution in [0.5, 0.6) is 0 Å². The van der Waals surface area contributed by atoms with Crippen molar-refractivity contribution in [1.82, 2.24) is 14.2 Å². The summed E-state index contributed by atoms with van der Waals surface area (Å²) in [5.41, 5.74) is 0.0623. The molecule has 3 heterocycles. The third kappa shape index (κ3) is 5.30. The highest BCUT2D eigenvalue weighted by Crippen LogP contribution is 2.26. The number of rotatable bonds is 5. The highest BCUT2D eigenvalue weighted by molar-refractivity contribution is 7.89. The van der Waals surface area contributed by atoms with Crippen LogP contribution in [0.4, 0.5) is 14.5 Å². The van der Waals surface area contributed by atoms with Gasteiger partial charge in [-0.3, -0.25) is 9.59 Å². The number of nitrogens with zero attached hydrogens (tertiary/aromatic N) is 2. The van der Waals surface area contributed by atoms with Crippen LogP contribution in [0.1, 0.15) is 49.0 Å². The Kier molecular flexibility index (Phi) is 7.32. The van der Waals surface area contributed by atoms with Crippen LogP contribution in [0.25, 0.3) is 0 Å². The number of aromatic nitrogens is 1. The quantitative estimate of drug-likeness (QED) is 0.666. The molecule has 0 aliphatic carbocycles. The molecule has 2 saturated heterocycles. The molecule has 2 amide bonds. The summed E-state index contributed by atoms with van der Waals surface area (Å²) in [7, 11) is -3.94. The summed E-state index contributed by atoms with van der Waals surface area (Å²) in [6.07, 6.45) is 6.20. The predicted octanol–water partition coefficient (Wildman–Crippen LogP) is 3.35. The SMILES string of the molecule is O=C(Nc1ccc(F)cc1F)[C@H]1CCCN(S(=O)(=O)c2c[nH]c(C(=O)N3CCCCCC3)c2)C1. The number of nitrogens with one attached hydrogen (secondary N) is 2. The lowest BCUT2D eigenvalue weighted by molar-refractivity contribution is -0.120. The first-order chi connectivity index (χ1) is 16.3. The Morgan fingerprint density at radius 1 is 1.00 bits per heavy atom. The molecule has 1 aromatic heterocycles. The number of aromatic amines is 1. The number of piperidine rings is 1. The van der Waals surface area contributed by atoms with Crippen molar-refractivity contribution in [1.29, 1.82) is 0 Å². The maximum absolute atomic E-state index is 13.9. The summed E-state index contributed by atoms with van der Waals surface area (Å²) in [4.78, 5) is 30.0. The van der Waals surface area contributed by atoms with Crippen LogP contribution < -0.4 is 5.32 Å². The fourth-order valence-electron chi connectivity index (χ4n) is 4.44. The fourth-order valence-corrected chi connectivity index (χ4v) is 5.96. The molecule has 0 saturated carbocycles. The van der Waals surface area contributed by atoms with Crippen molar-refractivity contribution >= 4 is 27.5 Å². The van der Waals surface area contributed by atoms with Gasteiger partial charge in [-0.1, -0.05) is 12.8 Å². The van der Waals surface area contributed by atoms with Crippen LogP contribution in [0.2, 0.25) is 0 Å². The van der Waals surface area contributed by atoms with Crippen molar-refractivity contribution < 1.29 is 26.8 Å². The van der Waals surface area contributed by atoms with E-state index in [2.05, 4.69) is 10.3 Å². The fraction of sp³-hybridized carbons (Fsp3) is 0.478. The molecule has 11 heteroatoms. The largest absolute Gasteiger partial charge is 0.356 e. The van der Waals surface area contributed by atoms with Gasteiger partial charge in [-0.15, -0.1) is 0 Å². The van der Waals surface area contributed by atoms with E-state index >= 15 is 0 Å². The van der Waals surface area contributed by atoms with E-state index in [9.17, 15) is 26.8 Å². The van der Waals surface area contributed by atoms with Gasteiger partial charge in [0.2, 0.25) is 15.9 Å². The molecule has 8 nitrogen and oxygen atoms in total. The van der Waals surface area contributed by atoms with Gasteiger partial charge >= 0.3 is 0 Å². The maximum atomic E-state index is 13.9. The number of hydrogen-bond donors (Lipinski definition) is 2. The Morgan fingerprint density at radius 2 is 1.74 bits per heavy atom. The van der Waals surface area contributed by atoms with Crippen LogP contribution in [-0.4, -0.2) is 60.6 Å². The van der Waals surface area contributed by atoms with Crippen LogP contribution in [0.3, 0.4) is 0 Å².